The lowest BCUT2D eigenvalue weighted by Gasteiger charge is -2.25. The Morgan fingerprint density at radius 1 is 0.545 bits per heavy atom. The van der Waals surface area contributed by atoms with Crippen LogP contribution in [0.15, 0.2) is 48.6 Å². The molecule has 2 unspecified atom stereocenters. The molecule has 0 aliphatic rings. The average molecular weight is 777 g/mol. The van der Waals surface area contributed by atoms with Crippen molar-refractivity contribution in [2.75, 3.05) is 47.5 Å². The summed E-state index contributed by atoms with van der Waals surface area (Å²) in [5, 5.41) is 9.62. The summed E-state index contributed by atoms with van der Waals surface area (Å²) in [6.45, 7) is 4.77. The Balaban J connectivity index is 4.52. The summed E-state index contributed by atoms with van der Waals surface area (Å²) in [4.78, 5) is 37.0. The lowest BCUT2D eigenvalue weighted by Crippen LogP contribution is -2.40. The molecular formula is C46H82NO8+. The molecule has 0 radical (unpaired) electrons. The van der Waals surface area contributed by atoms with Crippen LogP contribution in [-0.2, 0) is 33.3 Å². The van der Waals surface area contributed by atoms with E-state index in [2.05, 4.69) is 62.5 Å². The van der Waals surface area contributed by atoms with Crippen LogP contribution in [0.25, 0.3) is 0 Å². The molecule has 0 aromatic heterocycles. The highest BCUT2D eigenvalue weighted by atomic mass is 16.7. The third-order valence-electron chi connectivity index (χ3n) is 9.06. The summed E-state index contributed by atoms with van der Waals surface area (Å²) >= 11 is 0. The molecule has 0 aromatic rings. The van der Waals surface area contributed by atoms with Crippen LogP contribution in [0, 0.1) is 0 Å². The third-order valence-corrected chi connectivity index (χ3v) is 9.06. The lowest BCUT2D eigenvalue weighted by atomic mass is 10.1. The van der Waals surface area contributed by atoms with Gasteiger partial charge in [0.05, 0.1) is 34.4 Å². The molecule has 9 nitrogen and oxygen atoms in total. The number of quaternary nitrogens is 1. The van der Waals surface area contributed by atoms with Crippen LogP contribution in [0.4, 0.5) is 0 Å². The van der Waals surface area contributed by atoms with E-state index >= 15 is 0 Å². The van der Waals surface area contributed by atoms with Crippen LogP contribution in [0.5, 0.6) is 0 Å². The smallest absolute Gasteiger partial charge is 0.361 e. The number of rotatable bonds is 39. The van der Waals surface area contributed by atoms with Crippen molar-refractivity contribution in [1.82, 2.24) is 0 Å². The second-order valence-corrected chi connectivity index (χ2v) is 15.6. The monoisotopic (exact) mass is 777 g/mol. The van der Waals surface area contributed by atoms with Gasteiger partial charge in [-0.2, -0.15) is 0 Å². The maximum atomic E-state index is 12.7. The van der Waals surface area contributed by atoms with Crippen molar-refractivity contribution in [2.24, 2.45) is 0 Å². The summed E-state index contributed by atoms with van der Waals surface area (Å²) < 4.78 is 22.7. The first-order valence-corrected chi connectivity index (χ1v) is 21.8. The Labute approximate surface area is 336 Å². The first kappa shape index (κ1) is 52.2. The number of nitrogens with zero attached hydrogens (tertiary/aromatic N) is 1. The summed E-state index contributed by atoms with van der Waals surface area (Å²) in [5.41, 5.74) is 0. The van der Waals surface area contributed by atoms with Crippen molar-refractivity contribution in [3.8, 4) is 0 Å². The average Bonchev–Trinajstić information content (AvgIpc) is 3.14. The molecule has 0 bridgehead atoms. The van der Waals surface area contributed by atoms with Gasteiger partial charge in [-0.3, -0.25) is 9.59 Å². The molecule has 2 atom stereocenters. The fourth-order valence-corrected chi connectivity index (χ4v) is 5.60. The zero-order valence-electron chi connectivity index (χ0n) is 35.8. The Kier molecular flexibility index (Phi) is 36.2. The molecule has 0 aromatic carbocycles. The van der Waals surface area contributed by atoms with Gasteiger partial charge in [0.2, 0.25) is 0 Å². The summed E-state index contributed by atoms with van der Waals surface area (Å²) in [6.07, 6.45) is 40.2. The summed E-state index contributed by atoms with van der Waals surface area (Å²) in [5.74, 6) is -2.05. The number of unbranched alkanes of at least 4 members (excludes halogenated alkanes) is 16. The Morgan fingerprint density at radius 3 is 1.44 bits per heavy atom. The quantitative estimate of drug-likeness (QED) is 0.0216. The minimum absolute atomic E-state index is 0.181. The van der Waals surface area contributed by atoms with Gasteiger partial charge >= 0.3 is 17.9 Å². The van der Waals surface area contributed by atoms with Gasteiger partial charge in [0.15, 0.2) is 6.10 Å². The predicted molar refractivity (Wildman–Crippen MR) is 226 cm³/mol. The fourth-order valence-electron chi connectivity index (χ4n) is 5.60. The molecular weight excluding hydrogens is 695 g/mol. The van der Waals surface area contributed by atoms with Gasteiger partial charge < -0.3 is 28.5 Å². The van der Waals surface area contributed by atoms with E-state index in [0.29, 0.717) is 17.4 Å². The van der Waals surface area contributed by atoms with Gasteiger partial charge in [0.1, 0.15) is 13.2 Å². The summed E-state index contributed by atoms with van der Waals surface area (Å²) in [7, 11) is 5.94. The SMILES string of the molecule is CCCCC/C=C\C/C=C\CCCCCCCC(=O)OCC(COC(OCC[N+](C)(C)C)C(=O)O)OC(=O)CCCCCCC/C=C\C/C=C\CCCCC. The lowest BCUT2D eigenvalue weighted by molar-refractivity contribution is -0.870. The van der Waals surface area contributed by atoms with E-state index in [1.54, 1.807) is 0 Å². The number of carboxylic acid groups (broad SMARTS) is 1. The fraction of sp³-hybridized carbons (Fsp3) is 0.761. The molecule has 0 aliphatic carbocycles. The van der Waals surface area contributed by atoms with Crippen LogP contribution in [0.1, 0.15) is 168 Å². The molecule has 318 valence electrons. The number of hydrogen-bond donors (Lipinski definition) is 1. The molecule has 0 spiro atoms. The maximum absolute atomic E-state index is 12.7. The van der Waals surface area contributed by atoms with Gasteiger partial charge in [-0.1, -0.05) is 127 Å². The molecule has 0 amide bonds. The second-order valence-electron chi connectivity index (χ2n) is 15.6. The van der Waals surface area contributed by atoms with E-state index in [1.165, 1.54) is 51.4 Å². The highest BCUT2D eigenvalue weighted by Gasteiger charge is 2.25. The number of allylic oxidation sites excluding steroid dienone is 8. The minimum atomic E-state index is -1.52. The molecule has 0 aliphatic heterocycles. The van der Waals surface area contributed by atoms with Crippen LogP contribution in [0.2, 0.25) is 0 Å². The minimum Gasteiger partial charge on any atom is -0.477 e. The van der Waals surface area contributed by atoms with E-state index in [0.717, 1.165) is 83.5 Å². The number of ether oxygens (including phenoxy) is 4. The van der Waals surface area contributed by atoms with E-state index in [1.807, 2.05) is 21.1 Å². The normalized spacial score (nSPS) is 13.4. The predicted octanol–water partition coefficient (Wildman–Crippen LogP) is 11.2. The van der Waals surface area contributed by atoms with Crippen LogP contribution in [0.3, 0.4) is 0 Å². The topological polar surface area (TPSA) is 108 Å². The number of likely N-dealkylation sites (N-methyl/N-ethyl adjacent to an activating group) is 1. The highest BCUT2D eigenvalue weighted by Crippen LogP contribution is 2.12. The first-order chi connectivity index (χ1) is 26.6. The summed E-state index contributed by atoms with van der Waals surface area (Å²) in [6, 6.07) is 0. The number of hydrogen-bond acceptors (Lipinski definition) is 7. The van der Waals surface area contributed by atoms with Crippen molar-refractivity contribution in [1.29, 1.82) is 0 Å². The van der Waals surface area contributed by atoms with Gasteiger partial charge in [0, 0.05) is 12.8 Å². The van der Waals surface area contributed by atoms with Crippen molar-refractivity contribution < 1.29 is 42.9 Å². The van der Waals surface area contributed by atoms with Crippen LogP contribution in [-0.4, -0.2) is 87.4 Å². The van der Waals surface area contributed by atoms with Crippen LogP contribution < -0.4 is 0 Å². The number of carbonyl (C=O) groups excluding carboxylic acids is 2. The number of aliphatic carboxylic acids is 1. The molecule has 9 heteroatoms. The van der Waals surface area contributed by atoms with Crippen molar-refractivity contribution >= 4 is 17.9 Å². The Hall–Kier alpha value is -2.75. The second kappa shape index (κ2) is 38.1. The van der Waals surface area contributed by atoms with Gasteiger partial charge in [-0.05, 0) is 77.0 Å². The van der Waals surface area contributed by atoms with Gasteiger partial charge in [0.25, 0.3) is 6.29 Å². The number of carboxylic acids is 1. The number of carbonyl (C=O) groups is 3. The third kappa shape index (κ3) is 39.3. The van der Waals surface area contributed by atoms with Crippen LogP contribution >= 0.6 is 0 Å². The zero-order valence-corrected chi connectivity index (χ0v) is 35.8. The van der Waals surface area contributed by atoms with Gasteiger partial charge in [-0.25, -0.2) is 4.79 Å². The molecule has 0 saturated carbocycles. The van der Waals surface area contributed by atoms with Crippen molar-refractivity contribution in [2.45, 2.75) is 180 Å². The van der Waals surface area contributed by atoms with Crippen molar-refractivity contribution in [3.63, 3.8) is 0 Å². The van der Waals surface area contributed by atoms with E-state index in [4.69, 9.17) is 18.9 Å². The van der Waals surface area contributed by atoms with E-state index in [9.17, 15) is 19.5 Å². The molecule has 0 saturated heterocycles. The molecule has 1 N–H and O–H groups in total. The van der Waals surface area contributed by atoms with E-state index in [-0.39, 0.29) is 38.6 Å². The van der Waals surface area contributed by atoms with Crippen molar-refractivity contribution in [3.05, 3.63) is 48.6 Å². The maximum Gasteiger partial charge on any atom is 0.361 e. The van der Waals surface area contributed by atoms with Gasteiger partial charge in [-0.15, -0.1) is 0 Å². The number of esters is 2. The van der Waals surface area contributed by atoms with E-state index < -0.39 is 24.3 Å². The molecule has 0 rings (SSSR count). The molecule has 0 heterocycles. The Bertz CT molecular complexity index is 1050. The standard InChI is InChI=1S/C46H81NO8/c1-6-8-10-12-14-16-18-20-22-24-26-28-30-32-34-36-43(48)53-40-42(41-54-46(45(50)51)52-39-38-47(3,4)5)55-44(49)37-35-33-31-29-27-25-23-21-19-17-15-13-11-9-7-2/h14-17,20-23,42,46H,6-13,18-19,24-41H2,1-5H3/p+1/b16-14-,17-15-,22-20-,23-21-. The highest BCUT2D eigenvalue weighted by molar-refractivity contribution is 5.71. The molecule has 55 heavy (non-hydrogen) atoms. The Morgan fingerprint density at radius 2 is 0.982 bits per heavy atom. The zero-order chi connectivity index (χ0) is 40.7. The largest absolute Gasteiger partial charge is 0.477 e. The molecule has 0 fully saturated rings. The first-order valence-electron chi connectivity index (χ1n) is 21.8.